The molecule has 0 amide bonds. The average Bonchev–Trinajstić information content (AvgIpc) is 1.99. The van der Waals surface area contributed by atoms with E-state index in [1.165, 1.54) is 0 Å². The molecule has 0 radical (unpaired) electrons. The molecule has 70 valence electrons. The molecule has 0 N–H and O–H groups in total. The highest BCUT2D eigenvalue weighted by atomic mass is 35.5. The molecular weight excluding hydrogens is 227 g/mol. The highest BCUT2D eigenvalue weighted by Gasteiger charge is 2.28. The molecule has 1 nitrogen and oxygen atoms in total. The van der Waals surface area contributed by atoms with Crippen molar-refractivity contribution in [1.29, 1.82) is 0 Å². The Kier molecular flexibility index (Phi) is 2.63. The maximum Gasteiger partial charge on any atom is 0.0606 e. The molecule has 1 fully saturated rings. The van der Waals surface area contributed by atoms with E-state index in [1.54, 1.807) is 6.07 Å². The number of hydrogen-bond donors (Lipinski definition) is 0. The Bertz CT molecular complexity index is 344. The first-order valence-electron chi connectivity index (χ1n) is 4.00. The third kappa shape index (κ3) is 1.90. The smallest absolute Gasteiger partial charge is 0.0606 e. The highest BCUT2D eigenvalue weighted by Crippen LogP contribution is 2.35. The Morgan fingerprint density at radius 2 is 1.85 bits per heavy atom. The van der Waals surface area contributed by atoms with Crippen molar-refractivity contribution in [2.45, 2.75) is 11.7 Å². The van der Waals surface area contributed by atoms with Crippen molar-refractivity contribution in [3.63, 3.8) is 0 Å². The Balaban J connectivity index is 2.34. The molecular formula is C9H8Cl2OS. The molecule has 0 aliphatic carbocycles. The second-order valence-corrected chi connectivity index (χ2v) is 5.68. The standard InChI is InChI=1S/C9H8Cl2OS/c10-7-3-6(4-8(11)5-7)9-1-2-13(9)12/h3-5,9H,1-2H2. The summed E-state index contributed by atoms with van der Waals surface area (Å²) in [5.74, 6) is 0.800. The minimum Gasteiger partial charge on any atom is -0.259 e. The van der Waals surface area contributed by atoms with Crippen molar-refractivity contribution < 1.29 is 4.21 Å². The van der Waals surface area contributed by atoms with Crippen LogP contribution in [0.5, 0.6) is 0 Å². The summed E-state index contributed by atoms with van der Waals surface area (Å²) in [6, 6.07) is 5.37. The van der Waals surface area contributed by atoms with Crippen molar-refractivity contribution in [3.8, 4) is 0 Å². The second kappa shape index (κ2) is 3.60. The molecule has 1 aromatic carbocycles. The zero-order chi connectivity index (χ0) is 9.42. The molecule has 4 heteroatoms. The van der Waals surface area contributed by atoms with Crippen LogP contribution in [0, 0.1) is 0 Å². The van der Waals surface area contributed by atoms with Gasteiger partial charge in [0.05, 0.1) is 5.25 Å². The van der Waals surface area contributed by atoms with Crippen LogP contribution in [0.4, 0.5) is 0 Å². The highest BCUT2D eigenvalue weighted by molar-refractivity contribution is 7.86. The first-order chi connectivity index (χ1) is 6.16. The molecule has 1 saturated heterocycles. The van der Waals surface area contributed by atoms with E-state index in [0.29, 0.717) is 10.0 Å². The zero-order valence-electron chi connectivity index (χ0n) is 6.80. The molecule has 1 heterocycles. The van der Waals surface area contributed by atoms with Gasteiger partial charge in [-0.15, -0.1) is 0 Å². The van der Waals surface area contributed by atoms with Crippen molar-refractivity contribution in [3.05, 3.63) is 33.8 Å². The van der Waals surface area contributed by atoms with Crippen LogP contribution in [0.3, 0.4) is 0 Å². The third-order valence-corrected chi connectivity index (χ3v) is 4.37. The number of halogens is 2. The Morgan fingerprint density at radius 1 is 1.23 bits per heavy atom. The summed E-state index contributed by atoms with van der Waals surface area (Å²) < 4.78 is 11.3. The van der Waals surface area contributed by atoms with Crippen LogP contribution in [-0.2, 0) is 10.8 Å². The zero-order valence-corrected chi connectivity index (χ0v) is 9.12. The van der Waals surface area contributed by atoms with Gasteiger partial charge >= 0.3 is 0 Å². The van der Waals surface area contributed by atoms with Crippen LogP contribution in [0.25, 0.3) is 0 Å². The van der Waals surface area contributed by atoms with Gasteiger partial charge in [0.1, 0.15) is 0 Å². The fourth-order valence-corrected chi connectivity index (χ4v) is 3.06. The van der Waals surface area contributed by atoms with Gasteiger partial charge in [-0.2, -0.15) is 0 Å². The average molecular weight is 235 g/mol. The lowest BCUT2D eigenvalue weighted by Crippen LogP contribution is -2.22. The molecule has 2 atom stereocenters. The minimum atomic E-state index is -0.715. The molecule has 2 rings (SSSR count). The lowest BCUT2D eigenvalue weighted by Gasteiger charge is -2.25. The second-order valence-electron chi connectivity index (χ2n) is 3.06. The van der Waals surface area contributed by atoms with Crippen molar-refractivity contribution in [2.24, 2.45) is 0 Å². The largest absolute Gasteiger partial charge is 0.259 e. The molecule has 0 saturated carbocycles. The van der Waals surface area contributed by atoms with Gasteiger partial charge in [-0.1, -0.05) is 23.2 Å². The summed E-state index contributed by atoms with van der Waals surface area (Å²) in [5.41, 5.74) is 1.00. The minimum absolute atomic E-state index is 0.149. The van der Waals surface area contributed by atoms with Crippen LogP contribution in [0.2, 0.25) is 10.0 Å². The van der Waals surface area contributed by atoms with Crippen molar-refractivity contribution in [1.82, 2.24) is 0 Å². The predicted molar refractivity (Wildman–Crippen MR) is 56.8 cm³/mol. The van der Waals surface area contributed by atoms with Crippen LogP contribution >= 0.6 is 23.2 Å². The van der Waals surface area contributed by atoms with Gasteiger partial charge in [0.2, 0.25) is 0 Å². The SMILES string of the molecule is O=S1CCC1c1cc(Cl)cc(Cl)c1. The number of hydrogen-bond acceptors (Lipinski definition) is 1. The molecule has 13 heavy (non-hydrogen) atoms. The van der Waals surface area contributed by atoms with E-state index in [9.17, 15) is 4.21 Å². The van der Waals surface area contributed by atoms with Crippen molar-refractivity contribution in [2.75, 3.05) is 5.75 Å². The summed E-state index contributed by atoms with van der Waals surface area (Å²) in [4.78, 5) is 0. The van der Waals surface area contributed by atoms with Gasteiger partial charge in [-0.05, 0) is 30.2 Å². The molecule has 0 bridgehead atoms. The fraction of sp³-hybridized carbons (Fsp3) is 0.333. The van der Waals surface area contributed by atoms with Crippen LogP contribution in [-0.4, -0.2) is 9.96 Å². The summed E-state index contributed by atoms with van der Waals surface area (Å²) in [7, 11) is -0.715. The first-order valence-corrected chi connectivity index (χ1v) is 6.14. The van der Waals surface area contributed by atoms with E-state index in [-0.39, 0.29) is 5.25 Å². The van der Waals surface area contributed by atoms with Gasteiger partial charge < -0.3 is 0 Å². The topological polar surface area (TPSA) is 17.1 Å². The Hall–Kier alpha value is -0.0500. The quantitative estimate of drug-likeness (QED) is 0.730. The van der Waals surface area contributed by atoms with Crippen molar-refractivity contribution >= 4 is 34.0 Å². The van der Waals surface area contributed by atoms with E-state index in [2.05, 4.69) is 0 Å². The summed E-state index contributed by atoms with van der Waals surface area (Å²) >= 11 is 11.7. The number of rotatable bonds is 1. The van der Waals surface area contributed by atoms with Gasteiger partial charge in [-0.3, -0.25) is 4.21 Å². The lowest BCUT2D eigenvalue weighted by atomic mass is 10.1. The molecule has 1 aromatic rings. The molecule has 1 aliphatic rings. The lowest BCUT2D eigenvalue weighted by molar-refractivity contribution is 0.646. The first kappa shape index (κ1) is 9.50. The summed E-state index contributed by atoms with van der Waals surface area (Å²) in [6.07, 6.45) is 0.975. The predicted octanol–water partition coefficient (Wildman–Crippen LogP) is 3.19. The molecule has 1 aliphatic heterocycles. The number of benzene rings is 1. The van der Waals surface area contributed by atoms with Gasteiger partial charge in [-0.25, -0.2) is 0 Å². The third-order valence-electron chi connectivity index (χ3n) is 2.16. The Morgan fingerprint density at radius 3 is 2.23 bits per heavy atom. The monoisotopic (exact) mass is 234 g/mol. The molecule has 2 unspecified atom stereocenters. The van der Waals surface area contributed by atoms with Gasteiger partial charge in [0.25, 0.3) is 0 Å². The van der Waals surface area contributed by atoms with E-state index in [4.69, 9.17) is 23.2 Å². The van der Waals surface area contributed by atoms with E-state index in [0.717, 1.165) is 17.7 Å². The Labute approximate surface area is 89.5 Å². The maximum absolute atomic E-state index is 11.3. The van der Waals surface area contributed by atoms with Crippen LogP contribution in [0.1, 0.15) is 17.2 Å². The van der Waals surface area contributed by atoms with Gasteiger partial charge in [0, 0.05) is 26.6 Å². The fourth-order valence-electron chi connectivity index (χ4n) is 1.41. The normalized spacial score (nSPS) is 26.9. The van der Waals surface area contributed by atoms with E-state index >= 15 is 0 Å². The van der Waals surface area contributed by atoms with Crippen LogP contribution in [0.15, 0.2) is 18.2 Å². The molecule has 0 spiro atoms. The van der Waals surface area contributed by atoms with Crippen LogP contribution < -0.4 is 0 Å². The van der Waals surface area contributed by atoms with Gasteiger partial charge in [0.15, 0.2) is 0 Å². The maximum atomic E-state index is 11.3. The van der Waals surface area contributed by atoms with E-state index < -0.39 is 10.8 Å². The summed E-state index contributed by atoms with van der Waals surface area (Å²) in [6.45, 7) is 0. The summed E-state index contributed by atoms with van der Waals surface area (Å²) in [5, 5.41) is 1.38. The molecule has 0 aromatic heterocycles. The van der Waals surface area contributed by atoms with E-state index in [1.807, 2.05) is 12.1 Å².